The summed E-state index contributed by atoms with van der Waals surface area (Å²) in [5.74, 6) is -0.431. The lowest BCUT2D eigenvalue weighted by Gasteiger charge is -2.34. The van der Waals surface area contributed by atoms with Crippen LogP contribution in [0.25, 0.3) is 21.0 Å². The van der Waals surface area contributed by atoms with E-state index in [0.717, 1.165) is 89.1 Å². The van der Waals surface area contributed by atoms with Crippen LogP contribution in [0.4, 0.5) is 20.2 Å². The van der Waals surface area contributed by atoms with Crippen molar-refractivity contribution in [1.82, 2.24) is 9.97 Å². The highest BCUT2D eigenvalue weighted by Gasteiger charge is 2.25. The number of hydrogen-bond acceptors (Lipinski definition) is 10. The lowest BCUT2D eigenvalue weighted by atomic mass is 10.1. The number of carbonyl (C=O) groups excluding carboxylic acids is 1. The van der Waals surface area contributed by atoms with E-state index in [0.29, 0.717) is 38.7 Å². The number of carbonyl (C=O) groups is 1. The van der Waals surface area contributed by atoms with Gasteiger partial charge in [-0.3, -0.25) is 0 Å². The van der Waals surface area contributed by atoms with Crippen LogP contribution < -0.4 is 19.3 Å². The molecule has 58 heavy (non-hydrogen) atoms. The molecule has 0 N–H and O–H groups in total. The van der Waals surface area contributed by atoms with Gasteiger partial charge in [0.2, 0.25) is 0 Å². The van der Waals surface area contributed by atoms with E-state index < -0.39 is 5.97 Å². The van der Waals surface area contributed by atoms with E-state index in [-0.39, 0.29) is 30.4 Å². The molecule has 4 heterocycles. The van der Waals surface area contributed by atoms with Gasteiger partial charge < -0.3 is 24.0 Å². The number of rotatable bonds is 12. The Morgan fingerprint density at radius 2 is 1.26 bits per heavy atom. The molecule has 0 atom stereocenters. The van der Waals surface area contributed by atoms with Gasteiger partial charge in [-0.2, -0.15) is 0 Å². The predicted molar refractivity (Wildman–Crippen MR) is 228 cm³/mol. The molecule has 0 saturated carbocycles. The van der Waals surface area contributed by atoms with Crippen molar-refractivity contribution in [1.29, 1.82) is 0 Å². The average Bonchev–Trinajstić information content (AvgIpc) is 3.92. The molecule has 2 saturated heterocycles. The van der Waals surface area contributed by atoms with Gasteiger partial charge in [0.25, 0.3) is 0 Å². The van der Waals surface area contributed by atoms with Gasteiger partial charge in [-0.15, -0.1) is 22.7 Å². The van der Waals surface area contributed by atoms with Crippen molar-refractivity contribution in [2.24, 2.45) is 0 Å². The molecule has 2 fully saturated rings. The van der Waals surface area contributed by atoms with Crippen LogP contribution in [-0.4, -0.2) is 54.3 Å². The van der Waals surface area contributed by atoms with Crippen molar-refractivity contribution in [3.63, 3.8) is 0 Å². The average molecular weight is 862 g/mol. The highest BCUT2D eigenvalue weighted by atomic mass is 35.5. The van der Waals surface area contributed by atoms with E-state index in [1.54, 1.807) is 0 Å². The van der Waals surface area contributed by atoms with Gasteiger partial charge in [0.1, 0.15) is 52.0 Å². The van der Waals surface area contributed by atoms with Gasteiger partial charge in [0.05, 0.1) is 14.9 Å². The number of thiazole rings is 2. The molecule has 2 aromatic heterocycles. The Labute approximate surface area is 353 Å². The molecular formula is C44H40Cl2F2N4O4S2. The maximum atomic E-state index is 13.7. The molecule has 14 heteroatoms. The Morgan fingerprint density at radius 1 is 0.741 bits per heavy atom. The fourth-order valence-electron chi connectivity index (χ4n) is 7.19. The van der Waals surface area contributed by atoms with Gasteiger partial charge in [0.15, 0.2) is 5.69 Å². The van der Waals surface area contributed by atoms with Crippen LogP contribution in [0.2, 0.25) is 10.0 Å². The second-order valence-electron chi connectivity index (χ2n) is 14.2. The van der Waals surface area contributed by atoms with Crippen molar-refractivity contribution in [2.75, 3.05) is 36.0 Å². The monoisotopic (exact) mass is 860 g/mol. The molecule has 2 aliphatic rings. The minimum absolute atomic E-state index is 0.0245. The Bertz CT molecular complexity index is 2360. The number of benzene rings is 4. The molecule has 4 aromatic carbocycles. The molecule has 6 aromatic rings. The van der Waals surface area contributed by atoms with Crippen molar-refractivity contribution < 1.29 is 27.8 Å². The number of aromatic nitrogens is 2. The van der Waals surface area contributed by atoms with Gasteiger partial charge in [-0.25, -0.2) is 23.5 Å². The summed E-state index contributed by atoms with van der Waals surface area (Å²) in [6, 6.07) is 24.9. The topological polar surface area (TPSA) is 77.0 Å². The first-order valence-corrected chi connectivity index (χ1v) is 21.6. The van der Waals surface area contributed by atoms with Gasteiger partial charge >= 0.3 is 5.97 Å². The number of anilines is 2. The van der Waals surface area contributed by atoms with E-state index in [1.807, 2.05) is 25.3 Å². The second kappa shape index (κ2) is 18.0. The van der Waals surface area contributed by atoms with Gasteiger partial charge in [0, 0.05) is 92.0 Å². The first-order chi connectivity index (χ1) is 28.2. The molecule has 300 valence electrons. The molecule has 2 aliphatic heterocycles. The molecule has 8 rings (SSSR count). The van der Waals surface area contributed by atoms with Crippen LogP contribution in [0.15, 0.2) is 91.1 Å². The zero-order chi connectivity index (χ0) is 40.2. The second-order valence-corrected chi connectivity index (χ2v) is 17.2. The first kappa shape index (κ1) is 40.0. The third-order valence-corrected chi connectivity index (χ3v) is 13.2. The fraction of sp³-hybridized carbons (Fsp3) is 0.295. The lowest BCUT2D eigenvalue weighted by Crippen LogP contribution is -2.38. The van der Waals surface area contributed by atoms with E-state index in [9.17, 15) is 13.6 Å². The largest absolute Gasteiger partial charge is 0.489 e. The zero-order valence-electron chi connectivity index (χ0n) is 31.6. The van der Waals surface area contributed by atoms with Gasteiger partial charge in [-0.05, 0) is 72.6 Å². The molecule has 0 bridgehead atoms. The van der Waals surface area contributed by atoms with Crippen molar-refractivity contribution in [3.8, 4) is 32.5 Å². The van der Waals surface area contributed by atoms with Crippen LogP contribution in [0, 0.1) is 11.6 Å². The summed E-state index contributed by atoms with van der Waals surface area (Å²) in [5.41, 5.74) is 4.52. The Kier molecular flexibility index (Phi) is 12.4. The molecular weight excluding hydrogens is 822 g/mol. The number of esters is 1. The third-order valence-electron chi connectivity index (χ3n) is 10.3. The number of piperidine rings is 2. The third kappa shape index (κ3) is 9.41. The highest BCUT2D eigenvalue weighted by Crippen LogP contribution is 2.35. The molecule has 0 aliphatic carbocycles. The van der Waals surface area contributed by atoms with Crippen LogP contribution in [-0.2, 0) is 17.8 Å². The van der Waals surface area contributed by atoms with Crippen molar-refractivity contribution >= 4 is 63.2 Å². The Morgan fingerprint density at radius 3 is 1.78 bits per heavy atom. The number of nitrogens with zero attached hydrogens (tertiary/aromatic N) is 4. The number of hydrogen-bond donors (Lipinski definition) is 0. The number of aryl methyl sites for hydroxylation is 1. The van der Waals surface area contributed by atoms with Crippen molar-refractivity contribution in [3.05, 3.63) is 128 Å². The Balaban J connectivity index is 0.819. The fourth-order valence-corrected chi connectivity index (χ4v) is 9.34. The summed E-state index contributed by atoms with van der Waals surface area (Å²) < 4.78 is 45.1. The zero-order valence-corrected chi connectivity index (χ0v) is 34.8. The number of ether oxygens (including phenoxy) is 3. The summed E-state index contributed by atoms with van der Waals surface area (Å²) in [4.78, 5) is 29.0. The summed E-state index contributed by atoms with van der Waals surface area (Å²) >= 11 is 15.4. The minimum atomic E-state index is -0.463. The summed E-state index contributed by atoms with van der Waals surface area (Å²) in [7, 11) is 0. The van der Waals surface area contributed by atoms with Gasteiger partial charge in [-0.1, -0.05) is 42.3 Å². The highest BCUT2D eigenvalue weighted by molar-refractivity contribution is 7.15. The molecule has 8 nitrogen and oxygen atoms in total. The smallest absolute Gasteiger partial charge is 0.358 e. The standard InChI is InChI=1S/C44H40Cl2F2N4O4S2/c1-2-39-42(50-43(58-39)28-5-11-32(12-6-28)52-21-17-34(18-22-52)56-38-24-30(48)8-14-36(38)46)44(53)54-26-41-49-25-40(57-41)27-3-9-31(10-4-27)51-19-15-33(16-20-51)55-37-23-29(47)7-13-35(37)45/h3-14,23-25,33-34H,2,15-22,26H2,1H3. The molecule has 0 radical (unpaired) electrons. The van der Waals surface area contributed by atoms with Crippen LogP contribution in [0.5, 0.6) is 11.5 Å². The van der Waals surface area contributed by atoms with Crippen molar-refractivity contribution in [2.45, 2.75) is 57.8 Å². The molecule has 0 spiro atoms. The first-order valence-electron chi connectivity index (χ1n) is 19.2. The predicted octanol–water partition coefficient (Wildman–Crippen LogP) is 11.5. The lowest BCUT2D eigenvalue weighted by molar-refractivity contribution is 0.0465. The summed E-state index contributed by atoms with van der Waals surface area (Å²) in [6.07, 6.45) is 5.59. The minimum Gasteiger partial charge on any atom is -0.489 e. The van der Waals surface area contributed by atoms with Crippen LogP contribution in [0.3, 0.4) is 0 Å². The normalized spacial score (nSPS) is 15.1. The maximum Gasteiger partial charge on any atom is 0.358 e. The summed E-state index contributed by atoms with van der Waals surface area (Å²) in [5, 5.41) is 2.28. The van der Waals surface area contributed by atoms with Crippen LogP contribution >= 0.6 is 45.9 Å². The van der Waals surface area contributed by atoms with Crippen LogP contribution in [0.1, 0.15) is 53.0 Å². The van der Waals surface area contributed by atoms with E-state index in [2.05, 4.69) is 51.2 Å². The quantitative estimate of drug-likeness (QED) is 0.113. The Hall–Kier alpha value is -4.75. The van der Waals surface area contributed by atoms with E-state index >= 15 is 0 Å². The molecule has 0 unspecified atom stereocenters. The summed E-state index contributed by atoms with van der Waals surface area (Å²) in [6.45, 7) is 5.29. The van der Waals surface area contributed by atoms with E-state index in [1.165, 1.54) is 59.1 Å². The molecule has 0 amide bonds. The maximum absolute atomic E-state index is 13.7. The van der Waals surface area contributed by atoms with E-state index in [4.69, 9.17) is 42.4 Å². The SMILES string of the molecule is CCc1sc(-c2ccc(N3CCC(Oc4cc(F)ccc4Cl)CC3)cc2)nc1C(=O)OCc1ncc(-c2ccc(N3CCC(Oc4cc(F)ccc4Cl)CC3)cc2)s1. The number of halogens is 4.